The predicted molar refractivity (Wildman–Crippen MR) is 111 cm³/mol. The summed E-state index contributed by atoms with van der Waals surface area (Å²) in [7, 11) is 0. The summed E-state index contributed by atoms with van der Waals surface area (Å²) in [5.74, 6) is 0.554. The van der Waals surface area contributed by atoms with Gasteiger partial charge in [-0.05, 0) is 36.6 Å². The summed E-state index contributed by atoms with van der Waals surface area (Å²) in [6.45, 7) is 0.809. The highest BCUT2D eigenvalue weighted by Crippen LogP contribution is 2.36. The zero-order valence-electron chi connectivity index (χ0n) is 15.0. The van der Waals surface area contributed by atoms with Gasteiger partial charge in [-0.1, -0.05) is 41.9 Å². The van der Waals surface area contributed by atoms with Crippen molar-refractivity contribution < 1.29 is 4.79 Å². The minimum absolute atomic E-state index is 0.327. The Morgan fingerprint density at radius 2 is 1.89 bits per heavy atom. The normalized spacial score (nSPS) is 13.0. The summed E-state index contributed by atoms with van der Waals surface area (Å²) in [5, 5.41) is 0.364. The Morgan fingerprint density at radius 3 is 2.75 bits per heavy atom. The molecule has 1 aliphatic heterocycles. The Morgan fingerprint density at radius 1 is 1.11 bits per heavy atom. The Labute approximate surface area is 167 Å². The molecule has 7 nitrogen and oxygen atoms in total. The lowest BCUT2D eigenvalue weighted by atomic mass is 10.0. The topological polar surface area (TPSA) is 96.2 Å². The largest absolute Gasteiger partial charge is 0.393 e. The maximum Gasteiger partial charge on any atom is 0.271 e. The highest BCUT2D eigenvalue weighted by atomic mass is 35.5. The molecule has 0 unspecified atom stereocenters. The average Bonchev–Trinajstić information content (AvgIpc) is 2.73. The number of nitrogen functional groups attached to an aromatic ring is 1. The van der Waals surface area contributed by atoms with Gasteiger partial charge in [0.15, 0.2) is 11.6 Å². The van der Waals surface area contributed by atoms with Crippen LogP contribution in [0.25, 0.3) is 0 Å². The molecule has 0 fully saturated rings. The standard InChI is InChI=1S/C20H19ClN6O/c21-15-9-3-2-8-14(15)20(28)26-25-18-17(22)19(24-12-23-18)27-11-5-7-13-6-1-4-10-16(13)27/h1-4,6,8-10,12H,5,7,11,22H2,(H,26,28)(H,23,24,25). The van der Waals surface area contributed by atoms with Gasteiger partial charge in [-0.25, -0.2) is 9.97 Å². The van der Waals surface area contributed by atoms with Gasteiger partial charge in [-0.15, -0.1) is 0 Å². The fourth-order valence-corrected chi connectivity index (χ4v) is 3.50. The molecule has 1 amide bonds. The summed E-state index contributed by atoms with van der Waals surface area (Å²) in [6.07, 6.45) is 3.45. The summed E-state index contributed by atoms with van der Waals surface area (Å²) in [5.41, 5.74) is 14.7. The maximum absolute atomic E-state index is 12.3. The van der Waals surface area contributed by atoms with Gasteiger partial charge in [0.1, 0.15) is 12.0 Å². The summed E-state index contributed by atoms with van der Waals surface area (Å²) in [6, 6.07) is 15.0. The van der Waals surface area contributed by atoms with E-state index in [1.54, 1.807) is 24.3 Å². The molecule has 0 atom stereocenters. The van der Waals surface area contributed by atoms with Gasteiger partial charge in [0, 0.05) is 12.2 Å². The number of aryl methyl sites for hydroxylation is 1. The third-order valence-electron chi connectivity index (χ3n) is 4.64. The molecule has 0 saturated carbocycles. The number of hydrogen-bond donors (Lipinski definition) is 3. The van der Waals surface area contributed by atoms with Gasteiger partial charge in [-0.2, -0.15) is 0 Å². The van der Waals surface area contributed by atoms with E-state index in [0.29, 0.717) is 27.9 Å². The SMILES string of the molecule is Nc1c(NNC(=O)c2ccccc2Cl)ncnc1N1CCCc2ccccc21. The molecule has 1 aromatic heterocycles. The van der Waals surface area contributed by atoms with Gasteiger partial charge >= 0.3 is 0 Å². The lowest BCUT2D eigenvalue weighted by molar-refractivity contribution is 0.0962. The molecule has 0 bridgehead atoms. The molecule has 4 rings (SSSR count). The molecule has 0 aliphatic carbocycles. The first kappa shape index (κ1) is 18.1. The van der Waals surface area contributed by atoms with Gasteiger partial charge in [0.2, 0.25) is 0 Å². The highest BCUT2D eigenvalue weighted by molar-refractivity contribution is 6.33. The number of nitrogens with zero attached hydrogens (tertiary/aromatic N) is 3. The van der Waals surface area contributed by atoms with Crippen LogP contribution in [0, 0.1) is 0 Å². The van der Waals surface area contributed by atoms with Crippen molar-refractivity contribution in [3.8, 4) is 0 Å². The van der Waals surface area contributed by atoms with Crippen LogP contribution in [0.5, 0.6) is 0 Å². The minimum Gasteiger partial charge on any atom is -0.393 e. The minimum atomic E-state index is -0.381. The van der Waals surface area contributed by atoms with Crippen LogP contribution in [0.3, 0.4) is 0 Å². The lowest BCUT2D eigenvalue weighted by Gasteiger charge is -2.31. The number of fused-ring (bicyclic) bond motifs is 1. The maximum atomic E-state index is 12.3. The number of carbonyl (C=O) groups excluding carboxylic acids is 1. The van der Waals surface area contributed by atoms with Crippen LogP contribution in [0.4, 0.5) is 23.0 Å². The first-order valence-corrected chi connectivity index (χ1v) is 9.30. The second kappa shape index (κ2) is 7.74. The molecular formula is C20H19ClN6O. The predicted octanol–water partition coefficient (Wildman–Crippen LogP) is 3.55. The molecule has 0 saturated heterocycles. The van der Waals surface area contributed by atoms with Crippen molar-refractivity contribution in [2.24, 2.45) is 0 Å². The van der Waals surface area contributed by atoms with Crippen molar-refractivity contribution in [3.63, 3.8) is 0 Å². The van der Waals surface area contributed by atoms with E-state index < -0.39 is 0 Å². The lowest BCUT2D eigenvalue weighted by Crippen LogP contribution is -2.31. The van der Waals surface area contributed by atoms with Gasteiger partial charge < -0.3 is 10.6 Å². The number of carbonyl (C=O) groups is 1. The van der Waals surface area contributed by atoms with E-state index >= 15 is 0 Å². The number of nitrogens with two attached hydrogens (primary N) is 1. The van der Waals surface area contributed by atoms with E-state index in [2.05, 4.69) is 37.9 Å². The molecule has 0 radical (unpaired) electrons. The Hall–Kier alpha value is -3.32. The van der Waals surface area contributed by atoms with Gasteiger partial charge in [-0.3, -0.25) is 15.6 Å². The zero-order valence-corrected chi connectivity index (χ0v) is 15.8. The highest BCUT2D eigenvalue weighted by Gasteiger charge is 2.22. The van der Waals surface area contributed by atoms with Crippen molar-refractivity contribution in [1.82, 2.24) is 15.4 Å². The number of nitrogens with one attached hydrogen (secondary N) is 2. The molecular weight excluding hydrogens is 376 g/mol. The van der Waals surface area contributed by atoms with Crippen molar-refractivity contribution >= 4 is 40.5 Å². The number of anilines is 4. The number of rotatable bonds is 4. The first-order chi connectivity index (χ1) is 13.6. The number of amides is 1. The van der Waals surface area contributed by atoms with Crippen molar-refractivity contribution in [3.05, 3.63) is 71.0 Å². The van der Waals surface area contributed by atoms with Crippen LogP contribution in [-0.4, -0.2) is 22.4 Å². The Bertz CT molecular complexity index is 1030. The number of hydrazine groups is 1. The van der Waals surface area contributed by atoms with E-state index in [1.165, 1.54) is 11.9 Å². The first-order valence-electron chi connectivity index (χ1n) is 8.92. The molecule has 2 aromatic carbocycles. The molecule has 142 valence electrons. The van der Waals surface area contributed by atoms with Crippen LogP contribution in [0.2, 0.25) is 5.02 Å². The summed E-state index contributed by atoms with van der Waals surface area (Å²) >= 11 is 6.06. The van der Waals surface area contributed by atoms with E-state index in [1.807, 2.05) is 12.1 Å². The number of aromatic nitrogens is 2. The van der Waals surface area contributed by atoms with Gasteiger partial charge in [0.05, 0.1) is 10.6 Å². The molecule has 4 N–H and O–H groups in total. The van der Waals surface area contributed by atoms with Gasteiger partial charge in [0.25, 0.3) is 5.91 Å². The Balaban J connectivity index is 1.57. The quantitative estimate of drug-likeness (QED) is 0.585. The number of halogens is 1. The number of benzene rings is 2. The molecule has 1 aliphatic rings. The monoisotopic (exact) mass is 394 g/mol. The van der Waals surface area contributed by atoms with Crippen LogP contribution < -0.4 is 21.5 Å². The zero-order chi connectivity index (χ0) is 19.5. The molecule has 28 heavy (non-hydrogen) atoms. The smallest absolute Gasteiger partial charge is 0.271 e. The third-order valence-corrected chi connectivity index (χ3v) is 4.97. The van der Waals surface area contributed by atoms with E-state index in [9.17, 15) is 4.79 Å². The second-order valence-corrected chi connectivity index (χ2v) is 6.81. The molecule has 3 aromatic rings. The molecule has 8 heteroatoms. The summed E-state index contributed by atoms with van der Waals surface area (Å²) < 4.78 is 0. The molecule has 2 heterocycles. The van der Waals surface area contributed by atoms with Crippen molar-refractivity contribution in [1.29, 1.82) is 0 Å². The van der Waals surface area contributed by atoms with E-state index in [4.69, 9.17) is 17.3 Å². The third kappa shape index (κ3) is 3.44. The van der Waals surface area contributed by atoms with E-state index in [-0.39, 0.29) is 5.91 Å². The summed E-state index contributed by atoms with van der Waals surface area (Å²) in [4.78, 5) is 23.0. The molecule has 0 spiro atoms. The van der Waals surface area contributed by atoms with Crippen LogP contribution in [0.1, 0.15) is 22.3 Å². The number of hydrogen-bond acceptors (Lipinski definition) is 6. The van der Waals surface area contributed by atoms with E-state index in [0.717, 1.165) is 25.1 Å². The van der Waals surface area contributed by atoms with Crippen molar-refractivity contribution in [2.45, 2.75) is 12.8 Å². The Kier molecular flexibility index (Phi) is 4.99. The average molecular weight is 395 g/mol. The fraction of sp³-hybridized carbons (Fsp3) is 0.150. The van der Waals surface area contributed by atoms with Crippen LogP contribution in [0.15, 0.2) is 54.9 Å². The van der Waals surface area contributed by atoms with Crippen molar-refractivity contribution in [2.75, 3.05) is 22.6 Å². The van der Waals surface area contributed by atoms with Crippen LogP contribution >= 0.6 is 11.6 Å². The fourth-order valence-electron chi connectivity index (χ4n) is 3.28. The van der Waals surface area contributed by atoms with Crippen LogP contribution in [-0.2, 0) is 6.42 Å². The second-order valence-electron chi connectivity index (χ2n) is 6.40. The number of para-hydroxylation sites is 1.